The van der Waals surface area contributed by atoms with E-state index in [0.29, 0.717) is 0 Å². The van der Waals surface area contributed by atoms with Gasteiger partial charge in [-0.3, -0.25) is 0 Å². The third-order valence-electron chi connectivity index (χ3n) is 4.32. The van der Waals surface area contributed by atoms with Gasteiger partial charge in [0, 0.05) is 32.2 Å². The second kappa shape index (κ2) is 9.15. The Bertz CT molecular complexity index is 657. The molecule has 1 N–H and O–H groups in total. The summed E-state index contributed by atoms with van der Waals surface area (Å²) in [5.74, 6) is -2.01. The number of aliphatic hydroxyl groups excluding tert-OH is 1. The summed E-state index contributed by atoms with van der Waals surface area (Å²) in [6.07, 6.45) is -2.72. The maximum atomic E-state index is 14.5. The van der Waals surface area contributed by atoms with Crippen LogP contribution in [-0.4, -0.2) is 48.0 Å². The number of halogens is 2. The molecule has 0 saturated carbocycles. The molecule has 1 saturated heterocycles. The van der Waals surface area contributed by atoms with Crippen molar-refractivity contribution in [1.82, 2.24) is 4.90 Å². The van der Waals surface area contributed by atoms with E-state index in [-0.39, 0.29) is 43.3 Å². The molecule has 1 aliphatic heterocycles. The molecule has 1 fully saturated rings. The largest absolute Gasteiger partial charge is 0.444 e. The summed E-state index contributed by atoms with van der Waals surface area (Å²) >= 11 is 0. The van der Waals surface area contributed by atoms with Gasteiger partial charge in [0.25, 0.3) is 0 Å². The number of hydrogen-bond donors (Lipinski definition) is 1. The summed E-state index contributed by atoms with van der Waals surface area (Å²) in [6.45, 7) is 9.67. The van der Waals surface area contributed by atoms with Gasteiger partial charge < -0.3 is 24.2 Å². The van der Waals surface area contributed by atoms with Crippen molar-refractivity contribution in [1.29, 1.82) is 0 Å². The van der Waals surface area contributed by atoms with Gasteiger partial charge in [0.2, 0.25) is 0 Å². The molecule has 2 rings (SSSR count). The number of nitrogens with zero attached hydrogens (tertiary/aromatic N) is 1. The summed E-state index contributed by atoms with van der Waals surface area (Å²) in [7, 11) is 0. The van der Waals surface area contributed by atoms with E-state index in [0.717, 1.165) is 12.1 Å². The lowest BCUT2D eigenvalue weighted by molar-refractivity contribution is -0.143. The Morgan fingerprint density at radius 2 is 1.68 bits per heavy atom. The smallest absolute Gasteiger partial charge is 0.410 e. The first-order valence-electron chi connectivity index (χ1n) is 9.45. The van der Waals surface area contributed by atoms with Gasteiger partial charge >= 0.3 is 6.09 Å². The van der Waals surface area contributed by atoms with Crippen LogP contribution in [0.3, 0.4) is 0 Å². The van der Waals surface area contributed by atoms with Crippen LogP contribution in [0.15, 0.2) is 12.1 Å². The number of carbonyl (C=O) groups excluding carboxylic acids is 1. The molecule has 28 heavy (non-hydrogen) atoms. The highest BCUT2D eigenvalue weighted by molar-refractivity contribution is 5.69. The first-order valence-corrected chi connectivity index (χ1v) is 9.45. The van der Waals surface area contributed by atoms with E-state index in [1.807, 2.05) is 0 Å². The summed E-state index contributed by atoms with van der Waals surface area (Å²) < 4.78 is 44.9. The van der Waals surface area contributed by atoms with Gasteiger partial charge in [-0.25, -0.2) is 13.6 Å². The Labute approximate surface area is 164 Å². The van der Waals surface area contributed by atoms with E-state index in [1.54, 1.807) is 34.6 Å². The van der Waals surface area contributed by atoms with Crippen LogP contribution in [0.2, 0.25) is 0 Å². The zero-order valence-corrected chi connectivity index (χ0v) is 17.0. The summed E-state index contributed by atoms with van der Waals surface area (Å²) in [6, 6.07) is 2.18. The van der Waals surface area contributed by atoms with Crippen LogP contribution in [0.5, 0.6) is 0 Å². The molecular weight excluding hydrogens is 372 g/mol. The number of hydrogen-bond acceptors (Lipinski definition) is 5. The van der Waals surface area contributed by atoms with E-state index in [9.17, 15) is 18.7 Å². The van der Waals surface area contributed by atoms with Crippen LogP contribution in [0.1, 0.15) is 58.1 Å². The molecule has 1 aromatic rings. The molecule has 0 radical (unpaired) electrons. The fourth-order valence-electron chi connectivity index (χ4n) is 2.98. The third kappa shape index (κ3) is 5.40. The van der Waals surface area contributed by atoms with Crippen LogP contribution < -0.4 is 0 Å². The average molecular weight is 401 g/mol. The lowest BCUT2D eigenvalue weighted by Gasteiger charge is -2.42. The summed E-state index contributed by atoms with van der Waals surface area (Å²) in [4.78, 5) is 13.4. The lowest BCUT2D eigenvalue weighted by atomic mass is 9.89. The second-order valence-electron chi connectivity index (χ2n) is 7.73. The van der Waals surface area contributed by atoms with E-state index in [1.165, 1.54) is 4.90 Å². The summed E-state index contributed by atoms with van der Waals surface area (Å²) in [5, 5.41) is 10.5. The predicted octanol–water partition coefficient (Wildman–Crippen LogP) is 3.94. The van der Waals surface area contributed by atoms with Gasteiger partial charge in [-0.2, -0.15) is 0 Å². The molecule has 0 spiro atoms. The van der Waals surface area contributed by atoms with Gasteiger partial charge in [0.1, 0.15) is 17.2 Å². The van der Waals surface area contributed by atoms with E-state index >= 15 is 0 Å². The number of benzene rings is 1. The quantitative estimate of drug-likeness (QED) is 0.701. The molecule has 8 heteroatoms. The van der Waals surface area contributed by atoms with Crippen molar-refractivity contribution in [3.05, 3.63) is 34.9 Å². The Morgan fingerprint density at radius 1 is 1.18 bits per heavy atom. The number of carbonyl (C=O) groups is 1. The monoisotopic (exact) mass is 401 g/mol. The highest BCUT2D eigenvalue weighted by Gasteiger charge is 2.38. The average Bonchev–Trinajstić information content (AvgIpc) is 2.51. The first-order chi connectivity index (χ1) is 13.1. The Morgan fingerprint density at radius 3 is 2.11 bits per heavy atom. The molecule has 1 aliphatic rings. The number of rotatable bonds is 7. The van der Waals surface area contributed by atoms with Gasteiger partial charge in [-0.05, 0) is 52.3 Å². The molecule has 1 unspecified atom stereocenters. The third-order valence-corrected chi connectivity index (χ3v) is 4.32. The van der Waals surface area contributed by atoms with Crippen LogP contribution >= 0.6 is 0 Å². The molecular formula is C20H29F2NO5. The van der Waals surface area contributed by atoms with Crippen molar-refractivity contribution in [3.63, 3.8) is 0 Å². The predicted molar refractivity (Wildman–Crippen MR) is 98.6 cm³/mol. The van der Waals surface area contributed by atoms with Crippen LogP contribution in [0.25, 0.3) is 0 Å². The Hall–Kier alpha value is -1.77. The Kier molecular flexibility index (Phi) is 7.36. The van der Waals surface area contributed by atoms with Crippen molar-refractivity contribution < 1.29 is 32.9 Å². The highest BCUT2D eigenvalue weighted by Crippen LogP contribution is 2.34. The van der Waals surface area contributed by atoms with Gasteiger partial charge in [0.05, 0.1) is 11.7 Å². The van der Waals surface area contributed by atoms with Crippen molar-refractivity contribution in [2.24, 2.45) is 5.92 Å². The van der Waals surface area contributed by atoms with Crippen LogP contribution in [0, 0.1) is 17.6 Å². The maximum absolute atomic E-state index is 14.5. The van der Waals surface area contributed by atoms with Gasteiger partial charge in [-0.1, -0.05) is 0 Å². The van der Waals surface area contributed by atoms with Crippen molar-refractivity contribution in [2.45, 2.75) is 52.6 Å². The zero-order valence-electron chi connectivity index (χ0n) is 17.0. The molecule has 1 atom stereocenters. The molecule has 1 amide bonds. The van der Waals surface area contributed by atoms with Crippen LogP contribution in [-0.2, 0) is 14.2 Å². The van der Waals surface area contributed by atoms with E-state index < -0.39 is 35.7 Å². The highest BCUT2D eigenvalue weighted by atomic mass is 19.1. The standard InChI is InChI=1S/C20H29F2NO5/c1-6-26-18(27-7-2)16-14(21)8-12(9-15(16)22)17(24)13-10-23(11-13)19(25)28-20(3,4)5/h8-9,13,17-18,24H,6-7,10-11H2,1-5H3. The normalized spacial score (nSPS) is 16.2. The topological polar surface area (TPSA) is 68.2 Å². The fraction of sp³-hybridized carbons (Fsp3) is 0.650. The molecule has 6 nitrogen and oxygen atoms in total. The van der Waals surface area contributed by atoms with Gasteiger partial charge in [-0.15, -0.1) is 0 Å². The Balaban J connectivity index is 2.07. The minimum absolute atomic E-state index is 0.110. The first kappa shape index (κ1) is 22.5. The van der Waals surface area contributed by atoms with E-state index in [4.69, 9.17) is 14.2 Å². The molecule has 0 aromatic heterocycles. The molecule has 158 valence electrons. The molecule has 1 heterocycles. The minimum atomic E-state index is -1.15. The van der Waals surface area contributed by atoms with Crippen LogP contribution in [0.4, 0.5) is 13.6 Å². The molecule has 0 bridgehead atoms. The number of amides is 1. The number of aliphatic hydroxyl groups is 1. The van der Waals surface area contributed by atoms with Crippen molar-refractivity contribution >= 4 is 6.09 Å². The minimum Gasteiger partial charge on any atom is -0.444 e. The fourth-order valence-corrected chi connectivity index (χ4v) is 2.98. The molecule has 1 aromatic carbocycles. The van der Waals surface area contributed by atoms with Crippen molar-refractivity contribution in [2.75, 3.05) is 26.3 Å². The summed E-state index contributed by atoms with van der Waals surface area (Å²) in [5.41, 5.74) is -0.816. The number of likely N-dealkylation sites (tertiary alicyclic amines) is 1. The van der Waals surface area contributed by atoms with Gasteiger partial charge in [0.15, 0.2) is 6.29 Å². The lowest BCUT2D eigenvalue weighted by Crippen LogP contribution is -2.53. The SMILES string of the molecule is CCOC(OCC)c1c(F)cc(C(O)C2CN(C(=O)OC(C)(C)C)C2)cc1F. The number of ether oxygens (including phenoxy) is 3. The molecule has 0 aliphatic carbocycles. The van der Waals surface area contributed by atoms with E-state index in [2.05, 4.69) is 0 Å². The zero-order chi connectivity index (χ0) is 21.1. The maximum Gasteiger partial charge on any atom is 0.410 e. The second-order valence-corrected chi connectivity index (χ2v) is 7.73. The van der Waals surface area contributed by atoms with Crippen molar-refractivity contribution in [3.8, 4) is 0 Å².